The highest BCUT2D eigenvalue weighted by atomic mass is 16.5. The smallest absolute Gasteiger partial charge is 0.309 e. The van der Waals surface area contributed by atoms with Crippen molar-refractivity contribution in [1.29, 1.82) is 0 Å². The fourth-order valence-corrected chi connectivity index (χ4v) is 2.12. The summed E-state index contributed by atoms with van der Waals surface area (Å²) in [6.07, 6.45) is -0.551. The molecule has 0 amide bonds. The molecule has 1 atom stereocenters. The van der Waals surface area contributed by atoms with Gasteiger partial charge in [0.1, 0.15) is 0 Å². The molecule has 0 radical (unpaired) electrons. The van der Waals surface area contributed by atoms with Gasteiger partial charge >= 0.3 is 5.97 Å². The topological polar surface area (TPSA) is 66.8 Å². The average molecular weight is 266 g/mol. The summed E-state index contributed by atoms with van der Waals surface area (Å²) in [5, 5.41) is 19.8. The number of esters is 1. The van der Waals surface area contributed by atoms with Crippen molar-refractivity contribution in [3.8, 4) is 0 Å². The fourth-order valence-electron chi connectivity index (χ4n) is 2.12. The van der Waals surface area contributed by atoms with Gasteiger partial charge in [0.25, 0.3) is 0 Å². The zero-order chi connectivity index (χ0) is 14.6. The van der Waals surface area contributed by atoms with Crippen molar-refractivity contribution in [2.24, 2.45) is 5.92 Å². The first-order valence-corrected chi connectivity index (χ1v) is 6.38. The highest BCUT2D eigenvalue weighted by Gasteiger charge is 2.20. The lowest BCUT2D eigenvalue weighted by Gasteiger charge is -2.21. The Hall–Kier alpha value is -1.39. The highest BCUT2D eigenvalue weighted by molar-refractivity contribution is 5.73. The molecule has 0 aliphatic heterocycles. The maximum Gasteiger partial charge on any atom is 0.309 e. The predicted octanol–water partition coefficient (Wildman–Crippen LogP) is 1.89. The first kappa shape index (κ1) is 15.7. The van der Waals surface area contributed by atoms with Crippen LogP contribution < -0.4 is 0 Å². The summed E-state index contributed by atoms with van der Waals surface area (Å²) >= 11 is 0. The number of ether oxygens (including phenoxy) is 1. The number of methoxy groups -OCH3 is 1. The van der Waals surface area contributed by atoms with Crippen molar-refractivity contribution in [1.82, 2.24) is 0 Å². The molecule has 106 valence electrons. The quantitative estimate of drug-likeness (QED) is 0.799. The van der Waals surface area contributed by atoms with Crippen LogP contribution in [0.25, 0.3) is 0 Å². The molecule has 0 aromatic heterocycles. The van der Waals surface area contributed by atoms with E-state index in [1.165, 1.54) is 7.11 Å². The number of hydrogen-bond acceptors (Lipinski definition) is 4. The molecule has 0 bridgehead atoms. The average Bonchev–Trinajstić information content (AvgIpc) is 2.36. The van der Waals surface area contributed by atoms with E-state index in [2.05, 4.69) is 4.74 Å². The summed E-state index contributed by atoms with van der Waals surface area (Å²) in [5.41, 5.74) is 2.98. The van der Waals surface area contributed by atoms with Crippen LogP contribution in [-0.4, -0.2) is 23.3 Å². The van der Waals surface area contributed by atoms with Crippen molar-refractivity contribution in [2.75, 3.05) is 7.11 Å². The molecule has 0 aliphatic carbocycles. The predicted molar refractivity (Wildman–Crippen MR) is 72.6 cm³/mol. The van der Waals surface area contributed by atoms with E-state index >= 15 is 0 Å². The van der Waals surface area contributed by atoms with Crippen molar-refractivity contribution >= 4 is 5.97 Å². The number of carbonyl (C=O) groups excluding carboxylic acids is 1. The van der Waals surface area contributed by atoms with E-state index in [0.717, 1.165) is 5.56 Å². The first-order chi connectivity index (χ1) is 8.90. The van der Waals surface area contributed by atoms with Gasteiger partial charge in [0.15, 0.2) is 0 Å². The molecule has 0 fully saturated rings. The van der Waals surface area contributed by atoms with E-state index in [0.29, 0.717) is 16.7 Å². The van der Waals surface area contributed by atoms with E-state index in [1.807, 2.05) is 32.9 Å². The van der Waals surface area contributed by atoms with Crippen LogP contribution >= 0.6 is 0 Å². The molecule has 0 saturated heterocycles. The van der Waals surface area contributed by atoms with Gasteiger partial charge in [-0.05, 0) is 29.5 Å². The molecule has 19 heavy (non-hydrogen) atoms. The molecule has 0 saturated carbocycles. The Labute approximate surface area is 114 Å². The van der Waals surface area contributed by atoms with E-state index < -0.39 is 6.10 Å². The monoisotopic (exact) mass is 266 g/mol. The lowest BCUT2D eigenvalue weighted by atomic mass is 9.89. The number of aliphatic hydroxyl groups is 2. The highest BCUT2D eigenvalue weighted by Crippen LogP contribution is 2.29. The first-order valence-electron chi connectivity index (χ1n) is 6.38. The van der Waals surface area contributed by atoms with Gasteiger partial charge in [-0.2, -0.15) is 0 Å². The van der Waals surface area contributed by atoms with Gasteiger partial charge in [0, 0.05) is 0 Å². The van der Waals surface area contributed by atoms with E-state index in [1.54, 1.807) is 0 Å². The molecular weight excluding hydrogens is 244 g/mol. The number of benzene rings is 1. The zero-order valence-corrected chi connectivity index (χ0v) is 11.9. The summed E-state index contributed by atoms with van der Waals surface area (Å²) in [4.78, 5) is 11.4. The van der Waals surface area contributed by atoms with Gasteiger partial charge in [0.2, 0.25) is 0 Å². The van der Waals surface area contributed by atoms with Crippen molar-refractivity contribution in [2.45, 2.75) is 39.9 Å². The van der Waals surface area contributed by atoms with Gasteiger partial charge in [-0.3, -0.25) is 4.79 Å². The third-order valence-electron chi connectivity index (χ3n) is 3.19. The summed E-state index contributed by atoms with van der Waals surface area (Å²) in [5.74, 6) is -0.316. The maximum atomic E-state index is 11.4. The minimum Gasteiger partial charge on any atom is -0.469 e. The fraction of sp³-hybridized carbons (Fsp3) is 0.533. The summed E-state index contributed by atoms with van der Waals surface area (Å²) in [6.45, 7) is 5.52. The number of aliphatic hydroxyl groups excluding tert-OH is 2. The number of carbonyl (C=O) groups is 1. The second-order valence-electron chi connectivity index (χ2n) is 5.09. The van der Waals surface area contributed by atoms with Gasteiger partial charge in [-0.25, -0.2) is 0 Å². The largest absolute Gasteiger partial charge is 0.469 e. The molecule has 1 rings (SSSR count). The second kappa shape index (κ2) is 6.68. The van der Waals surface area contributed by atoms with Gasteiger partial charge < -0.3 is 14.9 Å². The molecule has 0 heterocycles. The van der Waals surface area contributed by atoms with Crippen LogP contribution in [0.2, 0.25) is 0 Å². The molecule has 0 aliphatic rings. The van der Waals surface area contributed by atoms with Crippen LogP contribution in [0.1, 0.15) is 42.2 Å². The Bertz CT molecular complexity index is 452. The number of aryl methyl sites for hydroxylation is 1. The van der Waals surface area contributed by atoms with Crippen LogP contribution in [0, 0.1) is 12.8 Å². The Balaban J connectivity index is 3.28. The zero-order valence-electron chi connectivity index (χ0n) is 11.9. The Morgan fingerprint density at radius 3 is 2.47 bits per heavy atom. The summed E-state index contributed by atoms with van der Waals surface area (Å²) in [6, 6.07) is 3.70. The third kappa shape index (κ3) is 3.78. The third-order valence-corrected chi connectivity index (χ3v) is 3.19. The van der Waals surface area contributed by atoms with E-state index in [9.17, 15) is 15.0 Å². The van der Waals surface area contributed by atoms with Crippen LogP contribution in [0.3, 0.4) is 0 Å². The minimum absolute atomic E-state index is 0.0399. The molecule has 2 N–H and O–H groups in total. The number of hydrogen-bond donors (Lipinski definition) is 2. The van der Waals surface area contributed by atoms with E-state index in [4.69, 9.17) is 0 Å². The number of rotatable bonds is 5. The summed E-state index contributed by atoms with van der Waals surface area (Å²) in [7, 11) is 1.33. The second-order valence-corrected chi connectivity index (χ2v) is 5.09. The SMILES string of the molecule is COC(=O)Cc1cc(C)cc(C(O)C(C)C)c1CO. The lowest BCUT2D eigenvalue weighted by Crippen LogP contribution is -2.14. The van der Waals surface area contributed by atoms with E-state index in [-0.39, 0.29) is 24.9 Å². The molecule has 0 spiro atoms. The van der Waals surface area contributed by atoms with Gasteiger partial charge in [-0.1, -0.05) is 31.5 Å². The van der Waals surface area contributed by atoms with Gasteiger partial charge in [0.05, 0.1) is 26.2 Å². The van der Waals surface area contributed by atoms with Crippen molar-refractivity contribution in [3.63, 3.8) is 0 Å². The Kier molecular flexibility index (Phi) is 5.51. The molecule has 1 unspecified atom stereocenters. The normalized spacial score (nSPS) is 12.6. The standard InChI is InChI=1S/C15H22O4/c1-9(2)15(18)12-6-10(3)5-11(13(12)8-16)7-14(17)19-4/h5-6,9,15-16,18H,7-8H2,1-4H3. The molecule has 4 nitrogen and oxygen atoms in total. The Morgan fingerprint density at radius 1 is 1.37 bits per heavy atom. The molecular formula is C15H22O4. The Morgan fingerprint density at radius 2 is 2.00 bits per heavy atom. The van der Waals surface area contributed by atoms with Crippen molar-refractivity contribution in [3.05, 3.63) is 34.4 Å². The van der Waals surface area contributed by atoms with Gasteiger partial charge in [-0.15, -0.1) is 0 Å². The van der Waals surface area contributed by atoms with Crippen molar-refractivity contribution < 1.29 is 19.7 Å². The lowest BCUT2D eigenvalue weighted by molar-refractivity contribution is -0.139. The minimum atomic E-state index is -0.654. The van der Waals surface area contributed by atoms with Crippen LogP contribution in [0.5, 0.6) is 0 Å². The van der Waals surface area contributed by atoms with Crippen LogP contribution in [0.4, 0.5) is 0 Å². The molecule has 1 aromatic rings. The molecule has 1 aromatic carbocycles. The molecule has 4 heteroatoms. The maximum absolute atomic E-state index is 11.4. The summed E-state index contributed by atoms with van der Waals surface area (Å²) < 4.78 is 4.66. The van der Waals surface area contributed by atoms with Crippen LogP contribution in [-0.2, 0) is 22.6 Å². The van der Waals surface area contributed by atoms with Crippen LogP contribution in [0.15, 0.2) is 12.1 Å².